The normalized spacial score (nSPS) is 10.5. The summed E-state index contributed by atoms with van der Waals surface area (Å²) < 4.78 is 1.23. The van der Waals surface area contributed by atoms with Crippen molar-refractivity contribution >= 4 is 22.8 Å². The zero-order valence-electron chi connectivity index (χ0n) is 11.3. The van der Waals surface area contributed by atoms with E-state index in [1.165, 1.54) is 10.9 Å². The molecule has 2 aromatic rings. The second-order valence-electron chi connectivity index (χ2n) is 4.54. The second-order valence-corrected chi connectivity index (χ2v) is 4.54. The van der Waals surface area contributed by atoms with E-state index >= 15 is 0 Å². The molecule has 2 N–H and O–H groups in total. The highest BCUT2D eigenvalue weighted by Crippen LogP contribution is 2.04. The number of para-hydroxylation sites is 1. The average Bonchev–Trinajstić information content (AvgIpc) is 2.47. The molecule has 1 aromatic carbocycles. The maximum absolute atomic E-state index is 12.1. The minimum absolute atomic E-state index is 0.00222. The molecule has 0 saturated heterocycles. The number of nitrogens with one attached hydrogen (secondary N) is 1. The van der Waals surface area contributed by atoms with Gasteiger partial charge >= 0.3 is 5.97 Å². The van der Waals surface area contributed by atoms with Gasteiger partial charge in [-0.2, -0.15) is 0 Å². The molecule has 1 amide bonds. The number of rotatable bonds is 6. The monoisotopic (exact) mass is 289 g/mol. The van der Waals surface area contributed by atoms with E-state index in [9.17, 15) is 14.4 Å². The van der Waals surface area contributed by atoms with Gasteiger partial charge in [0.2, 0.25) is 5.91 Å². The number of nitrogens with zero attached hydrogens (tertiary/aromatic N) is 2. The van der Waals surface area contributed by atoms with Crippen LogP contribution < -0.4 is 10.9 Å². The Kier molecular flexibility index (Phi) is 4.65. The van der Waals surface area contributed by atoms with Crippen molar-refractivity contribution in [3.05, 3.63) is 40.9 Å². The smallest absolute Gasteiger partial charge is 0.303 e. The van der Waals surface area contributed by atoms with E-state index in [4.69, 9.17) is 5.11 Å². The first-order valence-electron chi connectivity index (χ1n) is 6.50. The fourth-order valence-corrected chi connectivity index (χ4v) is 1.90. The number of fused-ring (bicyclic) bond motifs is 1. The molecule has 0 spiro atoms. The molecule has 0 aliphatic rings. The molecule has 1 heterocycles. The lowest BCUT2D eigenvalue weighted by Crippen LogP contribution is -2.33. The Morgan fingerprint density at radius 3 is 2.81 bits per heavy atom. The minimum atomic E-state index is -0.904. The highest BCUT2D eigenvalue weighted by Gasteiger charge is 2.07. The third-order valence-corrected chi connectivity index (χ3v) is 2.94. The number of hydrogen-bond acceptors (Lipinski definition) is 4. The summed E-state index contributed by atoms with van der Waals surface area (Å²) in [6, 6.07) is 6.91. The Bertz CT molecular complexity index is 723. The summed E-state index contributed by atoms with van der Waals surface area (Å²) >= 11 is 0. The highest BCUT2D eigenvalue weighted by atomic mass is 16.4. The van der Waals surface area contributed by atoms with E-state index in [-0.39, 0.29) is 31.0 Å². The molecule has 0 aliphatic carbocycles. The van der Waals surface area contributed by atoms with E-state index in [0.717, 1.165) is 0 Å². The van der Waals surface area contributed by atoms with Crippen molar-refractivity contribution in [3.8, 4) is 0 Å². The SMILES string of the molecule is O=C(O)CCCNC(=O)Cn1cnc2ccccc2c1=O. The first-order chi connectivity index (χ1) is 10.1. The van der Waals surface area contributed by atoms with Crippen molar-refractivity contribution in [2.24, 2.45) is 0 Å². The Morgan fingerprint density at radius 1 is 1.29 bits per heavy atom. The molecule has 110 valence electrons. The van der Waals surface area contributed by atoms with Gasteiger partial charge in [0.25, 0.3) is 5.56 Å². The summed E-state index contributed by atoms with van der Waals surface area (Å²) in [6.45, 7) is 0.130. The van der Waals surface area contributed by atoms with Gasteiger partial charge in [0.1, 0.15) is 6.54 Å². The fraction of sp³-hybridized carbons (Fsp3) is 0.286. The van der Waals surface area contributed by atoms with Crippen LogP contribution in [0.4, 0.5) is 0 Å². The summed E-state index contributed by atoms with van der Waals surface area (Å²) in [6.07, 6.45) is 1.69. The van der Waals surface area contributed by atoms with E-state index in [1.54, 1.807) is 24.3 Å². The van der Waals surface area contributed by atoms with Crippen LogP contribution in [-0.4, -0.2) is 33.1 Å². The Labute approximate surface area is 120 Å². The topological polar surface area (TPSA) is 101 Å². The number of carbonyl (C=O) groups is 2. The van der Waals surface area contributed by atoms with Crippen LogP contribution in [-0.2, 0) is 16.1 Å². The van der Waals surface area contributed by atoms with Crippen LogP contribution in [0.2, 0.25) is 0 Å². The first kappa shape index (κ1) is 14.7. The van der Waals surface area contributed by atoms with Gasteiger partial charge in [-0.1, -0.05) is 12.1 Å². The van der Waals surface area contributed by atoms with Crippen LogP contribution >= 0.6 is 0 Å². The maximum atomic E-state index is 12.1. The zero-order chi connectivity index (χ0) is 15.2. The largest absolute Gasteiger partial charge is 0.481 e. The Morgan fingerprint density at radius 2 is 2.05 bits per heavy atom. The Hall–Kier alpha value is -2.70. The summed E-state index contributed by atoms with van der Waals surface area (Å²) in [4.78, 5) is 38.3. The molecule has 0 aliphatic heterocycles. The molecule has 1 aromatic heterocycles. The first-order valence-corrected chi connectivity index (χ1v) is 6.50. The van der Waals surface area contributed by atoms with Crippen LogP contribution in [0.25, 0.3) is 10.9 Å². The zero-order valence-corrected chi connectivity index (χ0v) is 11.3. The summed E-state index contributed by atoms with van der Waals surface area (Å²) in [7, 11) is 0. The van der Waals surface area contributed by atoms with Crippen molar-refractivity contribution in [1.29, 1.82) is 0 Å². The predicted molar refractivity (Wildman–Crippen MR) is 75.9 cm³/mol. The lowest BCUT2D eigenvalue weighted by atomic mass is 10.2. The fourth-order valence-electron chi connectivity index (χ4n) is 1.90. The number of aromatic nitrogens is 2. The van der Waals surface area contributed by atoms with Gasteiger partial charge in [-0.25, -0.2) is 4.98 Å². The van der Waals surface area contributed by atoms with Crippen LogP contribution in [0, 0.1) is 0 Å². The van der Waals surface area contributed by atoms with Crippen molar-refractivity contribution < 1.29 is 14.7 Å². The number of amides is 1. The standard InChI is InChI=1S/C14H15N3O4/c18-12(15-7-3-6-13(19)20)8-17-9-16-11-5-2-1-4-10(11)14(17)21/h1-2,4-5,9H,3,6-8H2,(H,15,18)(H,19,20). The molecule has 7 nitrogen and oxygen atoms in total. The number of carboxylic acids is 1. The summed E-state index contributed by atoms with van der Waals surface area (Å²) in [5.41, 5.74) is 0.307. The number of hydrogen-bond donors (Lipinski definition) is 2. The van der Waals surface area contributed by atoms with Gasteiger partial charge in [0.15, 0.2) is 0 Å². The lowest BCUT2D eigenvalue weighted by Gasteiger charge is -2.07. The van der Waals surface area contributed by atoms with Gasteiger partial charge in [0.05, 0.1) is 17.2 Å². The minimum Gasteiger partial charge on any atom is -0.481 e. The van der Waals surface area contributed by atoms with Crippen molar-refractivity contribution in [1.82, 2.24) is 14.9 Å². The van der Waals surface area contributed by atoms with E-state index in [1.807, 2.05) is 0 Å². The van der Waals surface area contributed by atoms with Gasteiger partial charge < -0.3 is 10.4 Å². The van der Waals surface area contributed by atoms with Gasteiger partial charge in [-0.05, 0) is 18.6 Å². The van der Waals surface area contributed by atoms with Gasteiger partial charge in [-0.15, -0.1) is 0 Å². The molecule has 21 heavy (non-hydrogen) atoms. The molecule has 0 saturated carbocycles. The van der Waals surface area contributed by atoms with E-state index in [0.29, 0.717) is 17.3 Å². The second kappa shape index (κ2) is 6.65. The summed E-state index contributed by atoms with van der Waals surface area (Å²) in [5.74, 6) is -1.25. The Balaban J connectivity index is 2.00. The molecule has 2 rings (SSSR count). The quantitative estimate of drug-likeness (QED) is 0.748. The van der Waals surface area contributed by atoms with Crippen molar-refractivity contribution in [2.75, 3.05) is 6.54 Å². The van der Waals surface area contributed by atoms with Crippen molar-refractivity contribution in [3.63, 3.8) is 0 Å². The maximum Gasteiger partial charge on any atom is 0.303 e. The van der Waals surface area contributed by atoms with Crippen molar-refractivity contribution in [2.45, 2.75) is 19.4 Å². The predicted octanol–water partition coefficient (Wildman–Crippen LogP) is 0.378. The van der Waals surface area contributed by atoms with Crippen LogP contribution in [0.1, 0.15) is 12.8 Å². The van der Waals surface area contributed by atoms with Crippen LogP contribution in [0.5, 0.6) is 0 Å². The average molecular weight is 289 g/mol. The molecular formula is C14H15N3O4. The van der Waals surface area contributed by atoms with Gasteiger partial charge in [0, 0.05) is 13.0 Å². The molecular weight excluding hydrogens is 274 g/mol. The van der Waals surface area contributed by atoms with Crippen LogP contribution in [0.3, 0.4) is 0 Å². The lowest BCUT2D eigenvalue weighted by molar-refractivity contribution is -0.137. The van der Waals surface area contributed by atoms with Crippen LogP contribution in [0.15, 0.2) is 35.4 Å². The van der Waals surface area contributed by atoms with E-state index < -0.39 is 5.97 Å². The molecule has 0 bridgehead atoms. The number of aliphatic carboxylic acids is 1. The van der Waals surface area contributed by atoms with Gasteiger partial charge in [-0.3, -0.25) is 19.0 Å². The molecule has 0 unspecified atom stereocenters. The van der Waals surface area contributed by atoms with E-state index in [2.05, 4.69) is 10.3 Å². The number of benzene rings is 1. The number of carboxylic acid groups (broad SMARTS) is 1. The molecule has 0 atom stereocenters. The third-order valence-electron chi connectivity index (χ3n) is 2.94. The third kappa shape index (κ3) is 3.88. The number of carbonyl (C=O) groups excluding carboxylic acids is 1. The molecule has 0 fully saturated rings. The molecule has 0 radical (unpaired) electrons. The highest BCUT2D eigenvalue weighted by molar-refractivity contribution is 5.78. The molecule has 7 heteroatoms. The summed E-state index contributed by atoms with van der Waals surface area (Å²) in [5, 5.41) is 11.5.